The normalized spacial score (nSPS) is 13.2. The van der Waals surface area contributed by atoms with E-state index in [9.17, 15) is 9.59 Å². The lowest BCUT2D eigenvalue weighted by atomic mass is 10.0. The first-order valence-electron chi connectivity index (χ1n) is 15.3. The number of carbonyl (C=O) groups is 2. The van der Waals surface area contributed by atoms with Gasteiger partial charge < -0.3 is 19.7 Å². The molecule has 0 spiro atoms. The third kappa shape index (κ3) is 7.78. The molecular formula is C39H36N2O4. The molecule has 0 atom stereocenters. The monoisotopic (exact) mass is 596 g/mol. The van der Waals surface area contributed by atoms with Crippen LogP contribution in [0.15, 0.2) is 127 Å². The van der Waals surface area contributed by atoms with Crippen LogP contribution in [0.25, 0.3) is 11.1 Å². The van der Waals surface area contributed by atoms with Crippen molar-refractivity contribution in [2.24, 2.45) is 0 Å². The number of ether oxygens (including phenoxy) is 2. The Hall–Kier alpha value is -5.36. The minimum atomic E-state index is -0.135. The Kier molecular flexibility index (Phi) is 9.21. The van der Waals surface area contributed by atoms with Crippen LogP contribution >= 0.6 is 0 Å². The molecule has 1 aliphatic rings. The number of aryl methyl sites for hydroxylation is 1. The van der Waals surface area contributed by atoms with Crippen LogP contribution in [0.1, 0.15) is 44.7 Å². The maximum Gasteiger partial charge on any atom is 0.255 e. The molecule has 1 N–H and O–H groups in total. The highest BCUT2D eigenvalue weighted by atomic mass is 16.5. The molecule has 5 aromatic rings. The number of hydrogen-bond donors (Lipinski definition) is 1. The zero-order valence-electron chi connectivity index (χ0n) is 25.3. The molecule has 1 heterocycles. The fourth-order valence-electron chi connectivity index (χ4n) is 5.36. The van der Waals surface area contributed by atoms with E-state index in [0.717, 1.165) is 57.8 Å². The van der Waals surface area contributed by atoms with E-state index in [1.165, 1.54) is 0 Å². The van der Waals surface area contributed by atoms with Crippen LogP contribution < -0.4 is 14.8 Å². The number of benzene rings is 5. The molecule has 1 fully saturated rings. The minimum Gasteiger partial charge on any atom is -0.490 e. The van der Waals surface area contributed by atoms with Crippen LogP contribution in [0, 0.1) is 6.92 Å². The average Bonchev–Trinajstić information content (AvgIpc) is 3.09. The van der Waals surface area contributed by atoms with Gasteiger partial charge in [-0.15, -0.1) is 0 Å². The highest BCUT2D eigenvalue weighted by molar-refractivity contribution is 6.04. The maximum atomic E-state index is 12.8. The number of likely N-dealkylation sites (tertiary alicyclic amines) is 1. The predicted octanol–water partition coefficient (Wildman–Crippen LogP) is 8.18. The Morgan fingerprint density at radius 2 is 1.27 bits per heavy atom. The summed E-state index contributed by atoms with van der Waals surface area (Å²) in [7, 11) is 0. The van der Waals surface area contributed by atoms with Crippen LogP contribution in [0.4, 0.5) is 5.69 Å². The second kappa shape index (κ2) is 14.0. The van der Waals surface area contributed by atoms with E-state index in [-0.39, 0.29) is 17.9 Å². The van der Waals surface area contributed by atoms with E-state index in [1.807, 2.05) is 139 Å². The lowest BCUT2D eigenvalue weighted by Crippen LogP contribution is -2.41. The summed E-state index contributed by atoms with van der Waals surface area (Å²) in [5, 5.41) is 2.91. The van der Waals surface area contributed by atoms with Crippen molar-refractivity contribution in [1.82, 2.24) is 4.90 Å². The molecule has 226 valence electrons. The Balaban J connectivity index is 0.950. The number of hydrogen-bond acceptors (Lipinski definition) is 4. The molecule has 0 bridgehead atoms. The quantitative estimate of drug-likeness (QED) is 0.186. The van der Waals surface area contributed by atoms with Gasteiger partial charge in [0.05, 0.1) is 0 Å². The lowest BCUT2D eigenvalue weighted by molar-refractivity contribution is 0.0595. The second-order valence-electron chi connectivity index (χ2n) is 11.3. The molecule has 6 nitrogen and oxygen atoms in total. The van der Waals surface area contributed by atoms with Crippen LogP contribution in [0.5, 0.6) is 11.5 Å². The van der Waals surface area contributed by atoms with Crippen molar-refractivity contribution in [2.45, 2.75) is 32.5 Å². The van der Waals surface area contributed by atoms with E-state index < -0.39 is 0 Å². The van der Waals surface area contributed by atoms with Gasteiger partial charge in [0.1, 0.15) is 24.2 Å². The number of carbonyl (C=O) groups excluding carboxylic acids is 2. The summed E-state index contributed by atoms with van der Waals surface area (Å²) in [4.78, 5) is 27.3. The highest BCUT2D eigenvalue weighted by Crippen LogP contribution is 2.25. The summed E-state index contributed by atoms with van der Waals surface area (Å²) in [6, 6.07) is 40.7. The molecule has 6 heteroatoms. The summed E-state index contributed by atoms with van der Waals surface area (Å²) in [5.74, 6) is 1.57. The fraction of sp³-hybridized carbons (Fsp3) is 0.179. The molecule has 5 aromatic carbocycles. The number of anilines is 1. The van der Waals surface area contributed by atoms with Crippen LogP contribution in [0.3, 0.4) is 0 Å². The standard InChI is InChI=1S/C39H36N2O4/c1-28-7-11-33(12-8-28)39(43)41-25-23-37(24-26-41)45-36-19-9-29(10-20-36)27-44-35-21-17-31(18-22-35)30-13-15-32(16-14-30)38(42)40-34-5-3-2-4-6-34/h2-22,37H,23-27H2,1H3,(H,40,42). The summed E-state index contributed by atoms with van der Waals surface area (Å²) in [6.45, 7) is 3.86. The lowest BCUT2D eigenvalue weighted by Gasteiger charge is -2.32. The topological polar surface area (TPSA) is 67.9 Å². The fourth-order valence-corrected chi connectivity index (χ4v) is 5.36. The average molecular weight is 597 g/mol. The molecule has 0 saturated carbocycles. The van der Waals surface area contributed by atoms with Gasteiger partial charge in [-0.3, -0.25) is 9.59 Å². The van der Waals surface area contributed by atoms with Crippen molar-refractivity contribution in [3.05, 3.63) is 150 Å². The number of piperidine rings is 1. The SMILES string of the molecule is Cc1ccc(C(=O)N2CCC(Oc3ccc(COc4ccc(-c5ccc(C(=O)Nc6ccccc6)cc5)cc4)cc3)CC2)cc1. The largest absolute Gasteiger partial charge is 0.490 e. The summed E-state index contributed by atoms with van der Waals surface area (Å²) >= 11 is 0. The second-order valence-corrected chi connectivity index (χ2v) is 11.3. The molecular weight excluding hydrogens is 560 g/mol. The smallest absolute Gasteiger partial charge is 0.255 e. The molecule has 45 heavy (non-hydrogen) atoms. The molecule has 0 unspecified atom stereocenters. The molecule has 2 amide bonds. The molecule has 0 aromatic heterocycles. The van der Waals surface area contributed by atoms with Gasteiger partial charge in [0.25, 0.3) is 11.8 Å². The third-order valence-corrected chi connectivity index (χ3v) is 8.03. The van der Waals surface area contributed by atoms with Crippen molar-refractivity contribution in [3.63, 3.8) is 0 Å². The summed E-state index contributed by atoms with van der Waals surface area (Å²) < 4.78 is 12.2. The van der Waals surface area contributed by atoms with Crippen molar-refractivity contribution in [2.75, 3.05) is 18.4 Å². The number of amides is 2. The van der Waals surface area contributed by atoms with Crippen LogP contribution in [0.2, 0.25) is 0 Å². The van der Waals surface area contributed by atoms with Crippen molar-refractivity contribution < 1.29 is 19.1 Å². The Morgan fingerprint density at radius 3 is 1.91 bits per heavy atom. The third-order valence-electron chi connectivity index (χ3n) is 8.03. The van der Waals surface area contributed by atoms with E-state index in [0.29, 0.717) is 25.3 Å². The number of nitrogens with one attached hydrogen (secondary N) is 1. The Labute approximate surface area is 264 Å². The van der Waals surface area contributed by atoms with Crippen LogP contribution in [-0.2, 0) is 6.61 Å². The first kappa shape index (κ1) is 29.7. The zero-order valence-corrected chi connectivity index (χ0v) is 25.3. The number of para-hydroxylation sites is 1. The van der Waals surface area contributed by atoms with E-state index >= 15 is 0 Å². The predicted molar refractivity (Wildman–Crippen MR) is 178 cm³/mol. The first-order chi connectivity index (χ1) is 22.0. The highest BCUT2D eigenvalue weighted by Gasteiger charge is 2.24. The van der Waals surface area contributed by atoms with Gasteiger partial charge >= 0.3 is 0 Å². The number of rotatable bonds is 9. The Bertz CT molecular complexity index is 1710. The van der Waals surface area contributed by atoms with Crippen LogP contribution in [-0.4, -0.2) is 35.9 Å². The van der Waals surface area contributed by atoms with E-state index in [4.69, 9.17) is 9.47 Å². The van der Waals surface area contributed by atoms with E-state index in [1.54, 1.807) is 0 Å². The van der Waals surface area contributed by atoms with Gasteiger partial charge in [0.15, 0.2) is 0 Å². The Morgan fingerprint density at radius 1 is 0.689 bits per heavy atom. The molecule has 0 radical (unpaired) electrons. The molecule has 1 saturated heterocycles. The van der Waals surface area contributed by atoms with E-state index in [2.05, 4.69) is 5.32 Å². The van der Waals surface area contributed by atoms with Crippen molar-refractivity contribution in [3.8, 4) is 22.6 Å². The summed E-state index contributed by atoms with van der Waals surface area (Å²) in [5.41, 5.74) is 6.39. The van der Waals surface area contributed by atoms with Gasteiger partial charge in [0.2, 0.25) is 0 Å². The molecule has 6 rings (SSSR count). The van der Waals surface area contributed by atoms with Gasteiger partial charge in [-0.1, -0.05) is 72.3 Å². The first-order valence-corrected chi connectivity index (χ1v) is 15.3. The van der Waals surface area contributed by atoms with Crippen molar-refractivity contribution >= 4 is 17.5 Å². The number of nitrogens with zero attached hydrogens (tertiary/aromatic N) is 1. The zero-order chi connectivity index (χ0) is 31.0. The summed E-state index contributed by atoms with van der Waals surface area (Å²) in [6.07, 6.45) is 1.72. The van der Waals surface area contributed by atoms with Gasteiger partial charge in [-0.25, -0.2) is 0 Å². The van der Waals surface area contributed by atoms with Gasteiger partial charge in [-0.05, 0) is 84.3 Å². The molecule has 0 aliphatic carbocycles. The molecule has 1 aliphatic heterocycles. The minimum absolute atomic E-state index is 0.0895. The maximum absolute atomic E-state index is 12.8. The van der Waals surface area contributed by atoms with Crippen molar-refractivity contribution in [1.29, 1.82) is 0 Å². The van der Waals surface area contributed by atoms with Gasteiger partial charge in [-0.2, -0.15) is 0 Å². The van der Waals surface area contributed by atoms with Gasteiger partial charge in [0, 0.05) is 42.7 Å².